The summed E-state index contributed by atoms with van der Waals surface area (Å²) in [4.78, 5) is 11.3. The number of carbonyl (C=O) groups is 1. The van der Waals surface area contributed by atoms with Gasteiger partial charge in [0, 0.05) is 16.7 Å². The van der Waals surface area contributed by atoms with Crippen LogP contribution >= 0.6 is 33.9 Å². The second-order valence-electron chi connectivity index (χ2n) is 3.83. The first-order valence-corrected chi connectivity index (χ1v) is 8.55. The number of hydrogen-bond donors (Lipinski definition) is 1. The quantitative estimate of drug-likeness (QED) is 0.638. The van der Waals surface area contributed by atoms with Crippen LogP contribution in [-0.2, 0) is 13.8 Å². The molecule has 0 fully saturated rings. The van der Waals surface area contributed by atoms with Crippen molar-refractivity contribution in [1.29, 1.82) is 0 Å². The van der Waals surface area contributed by atoms with Crippen LogP contribution in [0.2, 0.25) is 10.0 Å². The Bertz CT molecular complexity index is 697. The largest absolute Gasteiger partial charge is 0.479 e. The zero-order valence-corrected chi connectivity index (χ0v) is 13.8. The Morgan fingerprint density at radius 3 is 2.57 bits per heavy atom. The first kappa shape index (κ1) is 17.9. The number of terminal acetylenes is 1. The number of halogens is 3. The van der Waals surface area contributed by atoms with Crippen LogP contribution < -0.4 is 10.1 Å². The third-order valence-corrected chi connectivity index (χ3v) is 4.37. The highest BCUT2D eigenvalue weighted by Gasteiger charge is 2.21. The Kier molecular flexibility index (Phi) is 6.17. The van der Waals surface area contributed by atoms with Crippen molar-refractivity contribution in [3.8, 4) is 18.1 Å². The summed E-state index contributed by atoms with van der Waals surface area (Å²) < 4.78 is 27.8. The third-order valence-electron chi connectivity index (χ3n) is 2.29. The molecular formula is C12H10Cl3NO4S. The van der Waals surface area contributed by atoms with Crippen molar-refractivity contribution in [2.45, 2.75) is 17.9 Å². The van der Waals surface area contributed by atoms with Gasteiger partial charge in [-0.15, -0.1) is 6.42 Å². The topological polar surface area (TPSA) is 72.5 Å². The van der Waals surface area contributed by atoms with E-state index in [1.165, 1.54) is 13.0 Å². The van der Waals surface area contributed by atoms with Crippen LogP contribution in [0.4, 0.5) is 0 Å². The van der Waals surface area contributed by atoms with Gasteiger partial charge in [0.25, 0.3) is 15.0 Å². The van der Waals surface area contributed by atoms with E-state index in [1.807, 2.05) is 0 Å². The summed E-state index contributed by atoms with van der Waals surface area (Å²) in [6.07, 6.45) is 4.12. The standard InChI is InChI=1S/C12H10Cl3NO4S/c1-3-4-16-12(17)7(2)20-10-5-9(14)11(6-8(10)13)21(15,18)19/h1,5-7H,4H2,2H3,(H,16,17). The lowest BCUT2D eigenvalue weighted by Crippen LogP contribution is -2.36. The maximum absolute atomic E-state index is 11.6. The molecule has 1 N–H and O–H groups in total. The molecule has 114 valence electrons. The highest BCUT2D eigenvalue weighted by Crippen LogP contribution is 2.35. The van der Waals surface area contributed by atoms with Gasteiger partial charge in [0.05, 0.1) is 16.6 Å². The predicted octanol–water partition coefficient (Wildman–Crippen LogP) is 2.44. The number of carbonyl (C=O) groups excluding carboxylic acids is 1. The third kappa shape index (κ3) is 4.97. The van der Waals surface area contributed by atoms with Gasteiger partial charge in [-0.25, -0.2) is 8.42 Å². The maximum Gasteiger partial charge on any atom is 0.262 e. The van der Waals surface area contributed by atoms with Gasteiger partial charge in [-0.3, -0.25) is 4.79 Å². The SMILES string of the molecule is C#CCNC(=O)C(C)Oc1cc(Cl)c(S(=O)(=O)Cl)cc1Cl. The normalized spacial score (nSPS) is 12.3. The highest BCUT2D eigenvalue weighted by molar-refractivity contribution is 8.13. The van der Waals surface area contributed by atoms with Crippen LogP contribution in [0.1, 0.15) is 6.92 Å². The van der Waals surface area contributed by atoms with E-state index in [2.05, 4.69) is 11.2 Å². The van der Waals surface area contributed by atoms with Crippen LogP contribution in [0.5, 0.6) is 5.75 Å². The molecule has 0 aromatic heterocycles. The molecule has 0 bridgehead atoms. The summed E-state index contributed by atoms with van der Waals surface area (Å²) in [5.74, 6) is 1.85. The van der Waals surface area contributed by atoms with Crippen LogP contribution in [-0.4, -0.2) is 27.0 Å². The fraction of sp³-hybridized carbons (Fsp3) is 0.250. The summed E-state index contributed by atoms with van der Waals surface area (Å²) in [5, 5.41) is 2.22. The lowest BCUT2D eigenvalue weighted by molar-refractivity contribution is -0.126. The van der Waals surface area contributed by atoms with Crippen molar-refractivity contribution in [3.63, 3.8) is 0 Å². The summed E-state index contributed by atoms with van der Waals surface area (Å²) in [5.41, 5.74) is 0. The van der Waals surface area contributed by atoms with Crippen LogP contribution in [0.15, 0.2) is 17.0 Å². The van der Waals surface area contributed by atoms with Gasteiger partial charge < -0.3 is 10.1 Å². The minimum absolute atomic E-state index is 0.0461. The number of amides is 1. The number of benzene rings is 1. The van der Waals surface area contributed by atoms with Crippen molar-refractivity contribution in [1.82, 2.24) is 5.32 Å². The summed E-state index contributed by atoms with van der Waals surface area (Å²) in [7, 11) is 1.18. The highest BCUT2D eigenvalue weighted by atomic mass is 35.7. The van der Waals surface area contributed by atoms with E-state index in [-0.39, 0.29) is 27.2 Å². The molecular weight excluding hydrogens is 361 g/mol. The Morgan fingerprint density at radius 2 is 2.05 bits per heavy atom. The van der Waals surface area contributed by atoms with Crippen molar-refractivity contribution < 1.29 is 17.9 Å². The van der Waals surface area contributed by atoms with E-state index >= 15 is 0 Å². The minimum atomic E-state index is -4.03. The van der Waals surface area contributed by atoms with Gasteiger partial charge in [0.2, 0.25) is 0 Å². The lowest BCUT2D eigenvalue weighted by atomic mass is 10.3. The van der Waals surface area contributed by atoms with Crippen LogP contribution in [0.3, 0.4) is 0 Å². The van der Waals surface area contributed by atoms with E-state index in [1.54, 1.807) is 0 Å². The molecule has 0 saturated heterocycles. The molecule has 1 aromatic rings. The summed E-state index contributed by atoms with van der Waals surface area (Å²) >= 11 is 11.7. The molecule has 0 spiro atoms. The van der Waals surface area contributed by atoms with E-state index in [0.29, 0.717) is 0 Å². The van der Waals surface area contributed by atoms with Gasteiger partial charge in [-0.1, -0.05) is 29.1 Å². The summed E-state index contributed by atoms with van der Waals surface area (Å²) in [6.45, 7) is 1.53. The molecule has 21 heavy (non-hydrogen) atoms. The fourth-order valence-corrected chi connectivity index (χ4v) is 3.10. The van der Waals surface area contributed by atoms with Gasteiger partial charge in [-0.2, -0.15) is 0 Å². The first-order valence-electron chi connectivity index (χ1n) is 5.48. The van der Waals surface area contributed by atoms with Crippen molar-refractivity contribution >= 4 is 48.8 Å². The zero-order chi connectivity index (χ0) is 16.2. The van der Waals surface area contributed by atoms with Crippen molar-refractivity contribution in [2.24, 2.45) is 0 Å². The van der Waals surface area contributed by atoms with E-state index in [9.17, 15) is 13.2 Å². The molecule has 1 aromatic carbocycles. The van der Waals surface area contributed by atoms with Gasteiger partial charge >= 0.3 is 0 Å². The van der Waals surface area contributed by atoms with Crippen molar-refractivity contribution in [2.75, 3.05) is 6.54 Å². The molecule has 5 nitrogen and oxygen atoms in total. The maximum atomic E-state index is 11.6. The Hall–Kier alpha value is -1.13. The summed E-state index contributed by atoms with van der Waals surface area (Å²) in [6, 6.07) is 2.22. The molecule has 0 heterocycles. The number of nitrogens with one attached hydrogen (secondary N) is 1. The van der Waals surface area contributed by atoms with Crippen LogP contribution in [0.25, 0.3) is 0 Å². The second-order valence-corrected chi connectivity index (χ2v) is 7.18. The molecule has 0 aliphatic rings. The van der Waals surface area contributed by atoms with Gasteiger partial charge in [-0.05, 0) is 13.0 Å². The Balaban J connectivity index is 2.99. The molecule has 9 heteroatoms. The van der Waals surface area contributed by atoms with E-state index in [4.69, 9.17) is 45.0 Å². The van der Waals surface area contributed by atoms with Crippen LogP contribution in [0, 0.1) is 12.3 Å². The number of ether oxygens (including phenoxy) is 1. The predicted molar refractivity (Wildman–Crippen MR) is 81.4 cm³/mol. The number of hydrogen-bond acceptors (Lipinski definition) is 4. The first-order chi connectivity index (χ1) is 9.66. The fourth-order valence-electron chi connectivity index (χ4n) is 1.31. The minimum Gasteiger partial charge on any atom is -0.479 e. The monoisotopic (exact) mass is 369 g/mol. The molecule has 0 radical (unpaired) electrons. The second kappa shape index (κ2) is 7.23. The molecule has 0 aliphatic carbocycles. The Labute approximate surface area is 136 Å². The molecule has 1 amide bonds. The average molecular weight is 371 g/mol. The smallest absolute Gasteiger partial charge is 0.262 e. The lowest BCUT2D eigenvalue weighted by Gasteiger charge is -2.15. The van der Waals surface area contributed by atoms with Crippen molar-refractivity contribution in [3.05, 3.63) is 22.2 Å². The molecule has 1 atom stereocenters. The molecule has 1 rings (SSSR count). The van der Waals surface area contributed by atoms with E-state index in [0.717, 1.165) is 6.07 Å². The zero-order valence-electron chi connectivity index (χ0n) is 10.7. The van der Waals surface area contributed by atoms with Gasteiger partial charge in [0.15, 0.2) is 6.10 Å². The molecule has 0 aliphatic heterocycles. The average Bonchev–Trinajstić information content (AvgIpc) is 2.38. The van der Waals surface area contributed by atoms with E-state index < -0.39 is 21.1 Å². The Morgan fingerprint density at radius 1 is 1.43 bits per heavy atom. The molecule has 0 saturated carbocycles. The molecule has 1 unspecified atom stereocenters. The number of rotatable bonds is 5. The van der Waals surface area contributed by atoms with Gasteiger partial charge in [0.1, 0.15) is 10.6 Å².